The summed E-state index contributed by atoms with van der Waals surface area (Å²) in [6, 6.07) is 1.92. The molecule has 0 aromatic heterocycles. The molecule has 0 radical (unpaired) electrons. The molecule has 0 aliphatic carbocycles. The van der Waals surface area contributed by atoms with E-state index in [1.54, 1.807) is 6.08 Å². The highest BCUT2D eigenvalue weighted by molar-refractivity contribution is 5.23. The van der Waals surface area contributed by atoms with Crippen LogP contribution in [0.1, 0.15) is 13.8 Å². The molecule has 0 amide bonds. The van der Waals surface area contributed by atoms with Crippen molar-refractivity contribution >= 4 is 0 Å². The SMILES string of the molecule is C\C=C/C(C)=C\C=C\C#N. The zero-order valence-corrected chi connectivity index (χ0v) is 6.33. The molecule has 0 aromatic rings. The van der Waals surface area contributed by atoms with E-state index in [4.69, 9.17) is 5.26 Å². The lowest BCUT2D eigenvalue weighted by Gasteiger charge is -1.83. The fourth-order valence-corrected chi connectivity index (χ4v) is 0.561. The molecule has 0 atom stereocenters. The first-order valence-electron chi connectivity index (χ1n) is 3.17. The van der Waals surface area contributed by atoms with E-state index in [1.807, 2.05) is 38.1 Å². The number of hydrogen-bond donors (Lipinski definition) is 0. The third-order valence-corrected chi connectivity index (χ3v) is 0.959. The van der Waals surface area contributed by atoms with Crippen molar-refractivity contribution in [2.45, 2.75) is 13.8 Å². The average molecular weight is 133 g/mol. The lowest BCUT2D eigenvalue weighted by Crippen LogP contribution is -1.63. The second-order valence-corrected chi connectivity index (χ2v) is 1.90. The van der Waals surface area contributed by atoms with Crippen LogP contribution in [0.4, 0.5) is 0 Å². The first-order chi connectivity index (χ1) is 4.81. The normalized spacial score (nSPS) is 12.7. The van der Waals surface area contributed by atoms with Gasteiger partial charge >= 0.3 is 0 Å². The van der Waals surface area contributed by atoms with Crippen LogP contribution in [-0.2, 0) is 0 Å². The Labute approximate surface area is 62.0 Å². The van der Waals surface area contributed by atoms with E-state index in [2.05, 4.69) is 0 Å². The topological polar surface area (TPSA) is 23.8 Å². The zero-order chi connectivity index (χ0) is 7.82. The molecule has 1 nitrogen and oxygen atoms in total. The van der Waals surface area contributed by atoms with Crippen molar-refractivity contribution in [3.05, 3.63) is 36.0 Å². The molecule has 0 aromatic carbocycles. The highest BCUT2D eigenvalue weighted by Crippen LogP contribution is 1.93. The number of hydrogen-bond acceptors (Lipinski definition) is 1. The van der Waals surface area contributed by atoms with E-state index in [1.165, 1.54) is 6.08 Å². The van der Waals surface area contributed by atoms with Crippen molar-refractivity contribution in [3.8, 4) is 6.07 Å². The first-order valence-corrected chi connectivity index (χ1v) is 3.17. The van der Waals surface area contributed by atoms with Gasteiger partial charge in [-0.05, 0) is 13.8 Å². The lowest BCUT2D eigenvalue weighted by molar-refractivity contribution is 1.50. The Hall–Kier alpha value is -1.29. The summed E-state index contributed by atoms with van der Waals surface area (Å²) in [7, 11) is 0. The minimum absolute atomic E-state index is 1.15. The Morgan fingerprint density at radius 2 is 2.20 bits per heavy atom. The van der Waals surface area contributed by atoms with Crippen LogP contribution in [0.3, 0.4) is 0 Å². The van der Waals surface area contributed by atoms with E-state index in [0.717, 1.165) is 5.57 Å². The maximum absolute atomic E-state index is 8.12. The molecule has 52 valence electrons. The molecule has 0 aliphatic rings. The van der Waals surface area contributed by atoms with Gasteiger partial charge in [-0.1, -0.05) is 29.9 Å². The molecule has 0 unspecified atom stereocenters. The predicted molar refractivity (Wildman–Crippen MR) is 43.3 cm³/mol. The molecule has 0 fully saturated rings. The van der Waals surface area contributed by atoms with E-state index >= 15 is 0 Å². The number of nitriles is 1. The van der Waals surface area contributed by atoms with Gasteiger partial charge in [0.05, 0.1) is 6.07 Å². The summed E-state index contributed by atoms with van der Waals surface area (Å²) in [5, 5.41) is 8.12. The van der Waals surface area contributed by atoms with Crippen molar-refractivity contribution in [1.82, 2.24) is 0 Å². The maximum atomic E-state index is 8.12. The van der Waals surface area contributed by atoms with Gasteiger partial charge in [-0.15, -0.1) is 0 Å². The van der Waals surface area contributed by atoms with Gasteiger partial charge < -0.3 is 0 Å². The van der Waals surface area contributed by atoms with Crippen LogP contribution in [-0.4, -0.2) is 0 Å². The fourth-order valence-electron chi connectivity index (χ4n) is 0.561. The van der Waals surface area contributed by atoms with Crippen molar-refractivity contribution in [2.75, 3.05) is 0 Å². The van der Waals surface area contributed by atoms with E-state index in [9.17, 15) is 0 Å². The van der Waals surface area contributed by atoms with Gasteiger partial charge in [0, 0.05) is 6.08 Å². The summed E-state index contributed by atoms with van der Waals surface area (Å²) in [5.41, 5.74) is 1.15. The summed E-state index contributed by atoms with van der Waals surface area (Å²) in [5.74, 6) is 0. The smallest absolute Gasteiger partial charge is 0.0912 e. The van der Waals surface area contributed by atoms with Gasteiger partial charge in [0.25, 0.3) is 0 Å². The second kappa shape index (κ2) is 5.84. The monoisotopic (exact) mass is 133 g/mol. The standard InChI is InChI=1S/C9H11N/c1-3-6-9(2)7-4-5-8-10/h3-7H,1-2H3/b5-4+,6-3-,9-7-. The lowest BCUT2D eigenvalue weighted by atomic mass is 10.2. The Morgan fingerprint density at radius 3 is 2.70 bits per heavy atom. The van der Waals surface area contributed by atoms with Crippen molar-refractivity contribution in [2.24, 2.45) is 0 Å². The van der Waals surface area contributed by atoms with Crippen molar-refractivity contribution in [3.63, 3.8) is 0 Å². The number of nitrogens with zero attached hydrogens (tertiary/aromatic N) is 1. The Bertz CT molecular complexity index is 201. The van der Waals surface area contributed by atoms with Gasteiger partial charge in [-0.2, -0.15) is 5.26 Å². The van der Waals surface area contributed by atoms with Crippen LogP contribution in [0.2, 0.25) is 0 Å². The average Bonchev–Trinajstić information content (AvgIpc) is 1.89. The highest BCUT2D eigenvalue weighted by Gasteiger charge is 1.73. The van der Waals surface area contributed by atoms with Gasteiger partial charge in [-0.3, -0.25) is 0 Å². The maximum Gasteiger partial charge on any atom is 0.0912 e. The Kier molecular flexibility index (Phi) is 5.09. The largest absolute Gasteiger partial charge is 0.193 e. The molecule has 0 saturated carbocycles. The molecule has 0 heterocycles. The molecule has 0 N–H and O–H groups in total. The molecular weight excluding hydrogens is 122 g/mol. The molecule has 1 heteroatoms. The summed E-state index contributed by atoms with van der Waals surface area (Å²) in [6.07, 6.45) is 9.03. The summed E-state index contributed by atoms with van der Waals surface area (Å²) in [6.45, 7) is 3.95. The summed E-state index contributed by atoms with van der Waals surface area (Å²) in [4.78, 5) is 0. The van der Waals surface area contributed by atoms with E-state index in [-0.39, 0.29) is 0 Å². The van der Waals surface area contributed by atoms with Gasteiger partial charge in [-0.25, -0.2) is 0 Å². The molecule has 10 heavy (non-hydrogen) atoms. The molecule has 0 rings (SSSR count). The third kappa shape index (κ3) is 4.86. The Morgan fingerprint density at radius 1 is 1.50 bits per heavy atom. The molecular formula is C9H11N. The van der Waals surface area contributed by atoms with Crippen molar-refractivity contribution in [1.29, 1.82) is 5.26 Å². The summed E-state index contributed by atoms with van der Waals surface area (Å²) < 4.78 is 0. The van der Waals surface area contributed by atoms with Crippen LogP contribution in [0, 0.1) is 11.3 Å². The highest BCUT2D eigenvalue weighted by atomic mass is 14.2. The first kappa shape index (κ1) is 8.71. The van der Waals surface area contributed by atoms with Crippen LogP contribution in [0.5, 0.6) is 0 Å². The third-order valence-electron chi connectivity index (χ3n) is 0.959. The predicted octanol–water partition coefficient (Wildman–Crippen LogP) is 2.59. The molecule has 0 spiro atoms. The second-order valence-electron chi connectivity index (χ2n) is 1.90. The van der Waals surface area contributed by atoms with E-state index in [0.29, 0.717) is 0 Å². The Balaban J connectivity index is 3.94. The van der Waals surface area contributed by atoms with Gasteiger partial charge in [0.15, 0.2) is 0 Å². The zero-order valence-electron chi connectivity index (χ0n) is 6.33. The number of allylic oxidation sites excluding steroid dienone is 6. The van der Waals surface area contributed by atoms with Crippen LogP contribution in [0.25, 0.3) is 0 Å². The van der Waals surface area contributed by atoms with E-state index < -0.39 is 0 Å². The van der Waals surface area contributed by atoms with Crippen LogP contribution in [0.15, 0.2) is 36.0 Å². The van der Waals surface area contributed by atoms with Crippen LogP contribution >= 0.6 is 0 Å². The summed E-state index contributed by atoms with van der Waals surface area (Å²) >= 11 is 0. The molecule has 0 bridgehead atoms. The minimum Gasteiger partial charge on any atom is -0.193 e. The number of rotatable bonds is 2. The van der Waals surface area contributed by atoms with Crippen LogP contribution < -0.4 is 0 Å². The fraction of sp³-hybridized carbons (Fsp3) is 0.222. The van der Waals surface area contributed by atoms with Crippen molar-refractivity contribution < 1.29 is 0 Å². The van der Waals surface area contributed by atoms with Gasteiger partial charge in [0.1, 0.15) is 0 Å². The van der Waals surface area contributed by atoms with Gasteiger partial charge in [0.2, 0.25) is 0 Å². The molecule has 0 saturated heterocycles. The minimum atomic E-state index is 1.15. The quantitative estimate of drug-likeness (QED) is 0.419. The molecule has 0 aliphatic heterocycles.